The number of aromatic nitrogens is 2. The third-order valence-corrected chi connectivity index (χ3v) is 11.1. The van der Waals surface area contributed by atoms with Gasteiger partial charge in [0.15, 0.2) is 0 Å². The first kappa shape index (κ1) is 36.1. The fourth-order valence-corrected chi connectivity index (χ4v) is 7.97. The van der Waals surface area contributed by atoms with Crippen LogP contribution in [0.4, 0.5) is 22.7 Å². The van der Waals surface area contributed by atoms with E-state index in [2.05, 4.69) is 214 Å². The standard InChI is InChI=1S/C52H48N4O/c1-51(2,3)37-25-27-42(36-17-10-8-7-9-11-18-36)48(31-37)55-35-54(46-23-14-15-24-47(46)55)39-19-16-20-40(33-39)57-41-26-28-44-43-21-12-13-22-45(43)56(49(44)34-41)50-32-38(29-30-53-50)52(4,5)6/h7-34H,35H2,1-6H3/b8-7-,9-7?,10-8?,11-9-,17-10-,18-11?,36-17?,36-18+. The minimum atomic E-state index is -0.00394. The van der Waals surface area contributed by atoms with Gasteiger partial charge in [-0.05, 0) is 88.2 Å². The molecule has 7 aromatic rings. The zero-order valence-electron chi connectivity index (χ0n) is 33.6. The van der Waals surface area contributed by atoms with Crippen LogP contribution >= 0.6 is 0 Å². The lowest BCUT2D eigenvalue weighted by Gasteiger charge is -2.28. The molecule has 0 saturated carbocycles. The molecule has 2 aliphatic rings. The van der Waals surface area contributed by atoms with Gasteiger partial charge in [0, 0.05) is 40.4 Å². The highest BCUT2D eigenvalue weighted by molar-refractivity contribution is 6.09. The third kappa shape index (κ3) is 6.84. The number of anilines is 4. The predicted molar refractivity (Wildman–Crippen MR) is 240 cm³/mol. The molecule has 0 atom stereocenters. The molecule has 0 unspecified atom stereocenters. The number of nitrogens with zero attached hydrogens (tertiary/aromatic N) is 4. The summed E-state index contributed by atoms with van der Waals surface area (Å²) < 4.78 is 8.98. The molecule has 0 N–H and O–H groups in total. The van der Waals surface area contributed by atoms with Crippen molar-refractivity contribution in [2.75, 3.05) is 16.5 Å². The predicted octanol–water partition coefficient (Wildman–Crippen LogP) is 13.9. The average molecular weight is 745 g/mol. The van der Waals surface area contributed by atoms with E-state index in [4.69, 9.17) is 9.72 Å². The first-order valence-electron chi connectivity index (χ1n) is 19.8. The van der Waals surface area contributed by atoms with Crippen molar-refractivity contribution in [3.05, 3.63) is 187 Å². The van der Waals surface area contributed by atoms with Gasteiger partial charge in [0.05, 0.1) is 28.1 Å². The molecule has 3 heterocycles. The van der Waals surface area contributed by atoms with Crippen molar-refractivity contribution in [2.24, 2.45) is 0 Å². The molecule has 57 heavy (non-hydrogen) atoms. The average Bonchev–Trinajstić information content (AvgIpc) is 3.73. The molecule has 0 saturated heterocycles. The Morgan fingerprint density at radius 1 is 0.544 bits per heavy atom. The molecule has 5 nitrogen and oxygen atoms in total. The van der Waals surface area contributed by atoms with Crippen LogP contribution < -0.4 is 14.5 Å². The summed E-state index contributed by atoms with van der Waals surface area (Å²) in [5, 5.41) is 2.35. The van der Waals surface area contributed by atoms with Crippen LogP contribution in [0.3, 0.4) is 0 Å². The second kappa shape index (κ2) is 14.2. The van der Waals surface area contributed by atoms with Crippen LogP contribution in [-0.2, 0) is 10.8 Å². The van der Waals surface area contributed by atoms with Gasteiger partial charge < -0.3 is 14.5 Å². The zero-order chi connectivity index (χ0) is 39.3. The van der Waals surface area contributed by atoms with E-state index in [0.29, 0.717) is 6.67 Å². The molecule has 1 aliphatic carbocycles. The maximum atomic E-state index is 6.72. The lowest BCUT2D eigenvalue weighted by atomic mass is 9.85. The Bertz CT molecular complexity index is 2780. The molecule has 2 aromatic heterocycles. The van der Waals surface area contributed by atoms with Gasteiger partial charge in [0.1, 0.15) is 24.0 Å². The monoisotopic (exact) mass is 744 g/mol. The summed E-state index contributed by atoms with van der Waals surface area (Å²) in [7, 11) is 0. The topological polar surface area (TPSA) is 33.5 Å². The zero-order valence-corrected chi connectivity index (χ0v) is 33.6. The fraction of sp³-hybridized carbons (Fsp3) is 0.173. The highest BCUT2D eigenvalue weighted by Crippen LogP contribution is 2.47. The van der Waals surface area contributed by atoms with Gasteiger partial charge in [-0.3, -0.25) is 4.57 Å². The summed E-state index contributed by atoms with van der Waals surface area (Å²) in [5.41, 5.74) is 11.7. The molecule has 5 aromatic carbocycles. The van der Waals surface area contributed by atoms with E-state index in [1.165, 1.54) is 39.0 Å². The van der Waals surface area contributed by atoms with Gasteiger partial charge in [0.2, 0.25) is 0 Å². The van der Waals surface area contributed by atoms with Crippen molar-refractivity contribution in [2.45, 2.75) is 52.4 Å². The van der Waals surface area contributed by atoms with Crippen LogP contribution in [0.1, 0.15) is 58.2 Å². The largest absolute Gasteiger partial charge is 0.457 e. The molecule has 5 heteroatoms. The van der Waals surface area contributed by atoms with E-state index in [1.54, 1.807) is 0 Å². The van der Waals surface area contributed by atoms with Gasteiger partial charge in [0.25, 0.3) is 0 Å². The molecule has 0 amide bonds. The minimum absolute atomic E-state index is 0.00000550. The Morgan fingerprint density at radius 3 is 2.07 bits per heavy atom. The lowest BCUT2D eigenvalue weighted by molar-refractivity contribution is 0.483. The Balaban J connectivity index is 1.08. The molecule has 9 rings (SSSR count). The second-order valence-electron chi connectivity index (χ2n) is 17.0. The molecule has 0 spiro atoms. The minimum Gasteiger partial charge on any atom is -0.457 e. The number of fused-ring (bicyclic) bond motifs is 4. The van der Waals surface area contributed by atoms with Crippen molar-refractivity contribution >= 4 is 50.1 Å². The van der Waals surface area contributed by atoms with E-state index in [0.717, 1.165) is 45.1 Å². The van der Waals surface area contributed by atoms with Crippen molar-refractivity contribution in [3.63, 3.8) is 0 Å². The van der Waals surface area contributed by atoms with Crippen molar-refractivity contribution in [1.82, 2.24) is 9.55 Å². The van der Waals surface area contributed by atoms with E-state index < -0.39 is 0 Å². The fourth-order valence-electron chi connectivity index (χ4n) is 7.97. The normalized spacial score (nSPS) is 16.8. The number of pyridine rings is 1. The molecule has 282 valence electrons. The number of para-hydroxylation sites is 3. The lowest BCUT2D eigenvalue weighted by Crippen LogP contribution is -2.25. The van der Waals surface area contributed by atoms with Gasteiger partial charge in [-0.15, -0.1) is 0 Å². The van der Waals surface area contributed by atoms with Gasteiger partial charge >= 0.3 is 0 Å². The maximum absolute atomic E-state index is 6.72. The number of ether oxygens (including phenoxy) is 1. The second-order valence-corrected chi connectivity index (χ2v) is 17.0. The summed E-state index contributed by atoms with van der Waals surface area (Å²) in [4.78, 5) is 9.71. The Kier molecular flexibility index (Phi) is 8.96. The van der Waals surface area contributed by atoms with E-state index in [1.807, 2.05) is 12.3 Å². The quantitative estimate of drug-likeness (QED) is 0.170. The van der Waals surface area contributed by atoms with E-state index >= 15 is 0 Å². The molecule has 0 radical (unpaired) electrons. The van der Waals surface area contributed by atoms with Crippen molar-refractivity contribution in [3.8, 4) is 17.3 Å². The van der Waals surface area contributed by atoms with E-state index in [-0.39, 0.29) is 10.8 Å². The van der Waals surface area contributed by atoms with Crippen LogP contribution in [0.2, 0.25) is 0 Å². The Hall–Kier alpha value is -6.59. The van der Waals surface area contributed by atoms with Gasteiger partial charge in [-0.2, -0.15) is 0 Å². The Labute approximate surface area is 336 Å². The Morgan fingerprint density at radius 2 is 1.25 bits per heavy atom. The molecule has 0 fully saturated rings. The molecule has 0 bridgehead atoms. The number of hydrogen-bond donors (Lipinski definition) is 0. The highest BCUT2D eigenvalue weighted by atomic mass is 16.5. The number of allylic oxidation sites excluding steroid dienone is 8. The summed E-state index contributed by atoms with van der Waals surface area (Å²) in [6.45, 7) is 14.2. The van der Waals surface area contributed by atoms with Crippen LogP contribution in [0.25, 0.3) is 33.2 Å². The summed E-state index contributed by atoms with van der Waals surface area (Å²) in [6.07, 6.45) is 16.8. The summed E-state index contributed by atoms with van der Waals surface area (Å²) in [5.74, 6) is 2.45. The number of rotatable bonds is 6. The number of hydrogen-bond acceptors (Lipinski definition) is 4. The molecular formula is C52H48N4O. The van der Waals surface area contributed by atoms with Crippen LogP contribution in [-0.4, -0.2) is 16.2 Å². The maximum Gasteiger partial charge on any atom is 0.137 e. The van der Waals surface area contributed by atoms with E-state index in [9.17, 15) is 0 Å². The SMILES string of the molecule is CC(C)(C)c1ccnc(-n2c3ccccc3c3ccc(Oc4cccc(N5CN(c6cc(C(C)(C)C)ccc6C6=C/C=C\C=C/C=C\6)c6ccccc65)c4)cc32)c1. The third-order valence-electron chi connectivity index (χ3n) is 11.1. The van der Waals surface area contributed by atoms with Crippen LogP contribution in [0.5, 0.6) is 11.5 Å². The summed E-state index contributed by atoms with van der Waals surface area (Å²) >= 11 is 0. The van der Waals surface area contributed by atoms with Gasteiger partial charge in [-0.25, -0.2) is 4.98 Å². The van der Waals surface area contributed by atoms with Crippen LogP contribution in [0.15, 0.2) is 170 Å². The summed E-state index contributed by atoms with van der Waals surface area (Å²) in [6, 6.07) is 43.4. The first-order valence-corrected chi connectivity index (χ1v) is 19.8. The molecular weight excluding hydrogens is 697 g/mol. The van der Waals surface area contributed by atoms with Gasteiger partial charge in [-0.1, -0.05) is 133 Å². The van der Waals surface area contributed by atoms with Crippen LogP contribution in [0, 0.1) is 0 Å². The first-order chi connectivity index (χ1) is 27.5. The molecule has 1 aliphatic heterocycles. The highest BCUT2D eigenvalue weighted by Gasteiger charge is 2.31. The number of benzene rings is 5. The smallest absolute Gasteiger partial charge is 0.137 e. The van der Waals surface area contributed by atoms with Crippen molar-refractivity contribution in [1.29, 1.82) is 0 Å². The van der Waals surface area contributed by atoms with Crippen molar-refractivity contribution < 1.29 is 4.74 Å².